The fraction of sp³-hybridized carbons (Fsp3) is 0.391. The Kier molecular flexibility index (Phi) is 6.92. The van der Waals surface area contributed by atoms with E-state index in [-0.39, 0.29) is 6.10 Å². The lowest BCUT2D eigenvalue weighted by Crippen LogP contribution is -2.16. The van der Waals surface area contributed by atoms with Crippen molar-refractivity contribution in [3.8, 4) is 22.9 Å². The quantitative estimate of drug-likeness (QED) is 0.458. The first-order valence-electron chi connectivity index (χ1n) is 10.3. The third-order valence-electron chi connectivity index (χ3n) is 5.10. The molecule has 1 aliphatic heterocycles. The standard InChI is InChI=1S/C23H27N3O3S/c1-3-28-21-9-5-4-7-18(21)16-30-23-25-24-22(17-10-12-19(27-2)13-11-17)26(23)15-20-8-6-14-29-20/h4-5,7,9-13,20H,3,6,8,14-16H2,1-2H3. The largest absolute Gasteiger partial charge is 0.497 e. The van der Waals surface area contributed by atoms with Crippen LogP contribution in [0.3, 0.4) is 0 Å². The molecule has 158 valence electrons. The van der Waals surface area contributed by atoms with E-state index < -0.39 is 0 Å². The molecule has 0 radical (unpaired) electrons. The lowest BCUT2D eigenvalue weighted by Gasteiger charge is -2.15. The minimum atomic E-state index is 0.202. The summed E-state index contributed by atoms with van der Waals surface area (Å²) in [7, 11) is 1.67. The summed E-state index contributed by atoms with van der Waals surface area (Å²) in [6.45, 7) is 4.24. The summed E-state index contributed by atoms with van der Waals surface area (Å²) >= 11 is 1.68. The van der Waals surface area contributed by atoms with E-state index in [1.54, 1.807) is 18.9 Å². The number of para-hydroxylation sites is 1. The van der Waals surface area contributed by atoms with Crippen molar-refractivity contribution in [3.63, 3.8) is 0 Å². The highest BCUT2D eigenvalue weighted by Crippen LogP contribution is 2.31. The normalized spacial score (nSPS) is 16.0. The van der Waals surface area contributed by atoms with Gasteiger partial charge in [0, 0.05) is 23.5 Å². The molecule has 1 fully saturated rings. The summed E-state index contributed by atoms with van der Waals surface area (Å²) in [5.74, 6) is 3.37. The van der Waals surface area contributed by atoms with Crippen LogP contribution in [0, 0.1) is 0 Å². The van der Waals surface area contributed by atoms with Gasteiger partial charge < -0.3 is 14.2 Å². The van der Waals surface area contributed by atoms with E-state index in [1.807, 2.05) is 49.4 Å². The predicted molar refractivity (Wildman–Crippen MR) is 118 cm³/mol. The van der Waals surface area contributed by atoms with Crippen LogP contribution in [0.15, 0.2) is 53.7 Å². The first kappa shape index (κ1) is 20.8. The molecule has 0 spiro atoms. The second kappa shape index (κ2) is 10.00. The summed E-state index contributed by atoms with van der Waals surface area (Å²) < 4.78 is 19.1. The molecule has 0 bridgehead atoms. The molecule has 3 aromatic rings. The molecule has 1 unspecified atom stereocenters. The Balaban J connectivity index is 1.59. The van der Waals surface area contributed by atoms with Gasteiger partial charge in [-0.3, -0.25) is 4.57 Å². The van der Waals surface area contributed by atoms with Crippen molar-refractivity contribution in [3.05, 3.63) is 54.1 Å². The average Bonchev–Trinajstić information content (AvgIpc) is 3.44. The van der Waals surface area contributed by atoms with Crippen molar-refractivity contribution >= 4 is 11.8 Å². The predicted octanol–water partition coefficient (Wildman–Crippen LogP) is 4.82. The molecule has 7 heteroatoms. The van der Waals surface area contributed by atoms with Gasteiger partial charge in [-0.15, -0.1) is 10.2 Å². The summed E-state index contributed by atoms with van der Waals surface area (Å²) in [6.07, 6.45) is 2.37. The van der Waals surface area contributed by atoms with Crippen LogP contribution in [0.1, 0.15) is 25.3 Å². The van der Waals surface area contributed by atoms with Crippen LogP contribution in [-0.4, -0.2) is 41.2 Å². The second-order valence-electron chi connectivity index (χ2n) is 7.11. The number of ether oxygens (including phenoxy) is 3. The number of nitrogens with zero attached hydrogens (tertiary/aromatic N) is 3. The SMILES string of the molecule is CCOc1ccccc1CSc1nnc(-c2ccc(OC)cc2)n1CC1CCCO1. The van der Waals surface area contributed by atoms with Crippen LogP contribution in [0.25, 0.3) is 11.4 Å². The van der Waals surface area contributed by atoms with Gasteiger partial charge in [-0.2, -0.15) is 0 Å². The maximum atomic E-state index is 5.90. The Morgan fingerprint density at radius 2 is 1.97 bits per heavy atom. The van der Waals surface area contributed by atoms with Gasteiger partial charge in [0.05, 0.1) is 26.4 Å². The third-order valence-corrected chi connectivity index (χ3v) is 6.12. The first-order valence-corrected chi connectivity index (χ1v) is 11.3. The molecule has 0 N–H and O–H groups in total. The number of hydrogen-bond acceptors (Lipinski definition) is 6. The molecular formula is C23H27N3O3S. The second-order valence-corrected chi connectivity index (χ2v) is 8.05. The lowest BCUT2D eigenvalue weighted by atomic mass is 10.2. The molecule has 0 amide bonds. The molecule has 2 aromatic carbocycles. The number of aromatic nitrogens is 3. The van der Waals surface area contributed by atoms with Gasteiger partial charge in [0.25, 0.3) is 0 Å². The minimum absolute atomic E-state index is 0.202. The Bertz CT molecular complexity index is 953. The molecule has 2 heterocycles. The van der Waals surface area contributed by atoms with E-state index in [0.717, 1.165) is 65.4 Å². The molecule has 30 heavy (non-hydrogen) atoms. The zero-order valence-electron chi connectivity index (χ0n) is 17.4. The minimum Gasteiger partial charge on any atom is -0.497 e. The maximum Gasteiger partial charge on any atom is 0.191 e. The van der Waals surface area contributed by atoms with Crippen LogP contribution < -0.4 is 9.47 Å². The molecule has 4 rings (SSSR count). The highest BCUT2D eigenvalue weighted by atomic mass is 32.2. The van der Waals surface area contributed by atoms with Gasteiger partial charge in [0.1, 0.15) is 11.5 Å². The van der Waals surface area contributed by atoms with Gasteiger partial charge in [-0.05, 0) is 50.1 Å². The van der Waals surface area contributed by atoms with E-state index in [4.69, 9.17) is 14.2 Å². The molecule has 0 saturated carbocycles. The molecule has 1 aliphatic rings. The fourth-order valence-electron chi connectivity index (χ4n) is 3.57. The summed E-state index contributed by atoms with van der Waals surface area (Å²) in [6, 6.07) is 16.1. The number of methoxy groups -OCH3 is 1. The monoisotopic (exact) mass is 425 g/mol. The Hall–Kier alpha value is -2.51. The maximum absolute atomic E-state index is 5.90. The van der Waals surface area contributed by atoms with E-state index in [9.17, 15) is 0 Å². The van der Waals surface area contributed by atoms with Crippen LogP contribution in [0.2, 0.25) is 0 Å². The molecule has 1 aromatic heterocycles. The van der Waals surface area contributed by atoms with Crippen molar-refractivity contribution in [2.45, 2.75) is 43.3 Å². The summed E-state index contributed by atoms with van der Waals surface area (Å²) in [4.78, 5) is 0. The van der Waals surface area contributed by atoms with Crippen molar-refractivity contribution in [2.24, 2.45) is 0 Å². The van der Waals surface area contributed by atoms with Gasteiger partial charge in [-0.25, -0.2) is 0 Å². The Morgan fingerprint density at radius 1 is 1.13 bits per heavy atom. The van der Waals surface area contributed by atoms with E-state index in [2.05, 4.69) is 20.8 Å². The van der Waals surface area contributed by atoms with Crippen LogP contribution >= 0.6 is 11.8 Å². The summed E-state index contributed by atoms with van der Waals surface area (Å²) in [5.41, 5.74) is 2.17. The highest BCUT2D eigenvalue weighted by Gasteiger charge is 2.22. The van der Waals surface area contributed by atoms with Crippen molar-refractivity contribution in [1.82, 2.24) is 14.8 Å². The molecular weight excluding hydrogens is 398 g/mol. The van der Waals surface area contributed by atoms with E-state index >= 15 is 0 Å². The van der Waals surface area contributed by atoms with Crippen molar-refractivity contribution in [1.29, 1.82) is 0 Å². The number of thioether (sulfide) groups is 1. The lowest BCUT2D eigenvalue weighted by molar-refractivity contribution is 0.0953. The highest BCUT2D eigenvalue weighted by molar-refractivity contribution is 7.98. The molecule has 1 atom stereocenters. The Labute approximate surface area is 181 Å². The van der Waals surface area contributed by atoms with Gasteiger partial charge in [-0.1, -0.05) is 30.0 Å². The molecule has 6 nitrogen and oxygen atoms in total. The van der Waals surface area contributed by atoms with Crippen molar-refractivity contribution in [2.75, 3.05) is 20.3 Å². The molecule has 0 aliphatic carbocycles. The number of rotatable bonds is 9. The zero-order valence-corrected chi connectivity index (χ0v) is 18.2. The third kappa shape index (κ3) is 4.79. The number of hydrogen-bond donors (Lipinski definition) is 0. The van der Waals surface area contributed by atoms with Crippen LogP contribution in [0.4, 0.5) is 0 Å². The van der Waals surface area contributed by atoms with E-state index in [1.165, 1.54) is 0 Å². The van der Waals surface area contributed by atoms with Gasteiger partial charge in [0.2, 0.25) is 0 Å². The molecule has 1 saturated heterocycles. The fourth-order valence-corrected chi connectivity index (χ4v) is 4.51. The van der Waals surface area contributed by atoms with Gasteiger partial charge >= 0.3 is 0 Å². The van der Waals surface area contributed by atoms with E-state index in [0.29, 0.717) is 6.61 Å². The summed E-state index contributed by atoms with van der Waals surface area (Å²) in [5, 5.41) is 9.93. The van der Waals surface area contributed by atoms with Gasteiger partial charge in [0.15, 0.2) is 11.0 Å². The van der Waals surface area contributed by atoms with Crippen LogP contribution in [0.5, 0.6) is 11.5 Å². The Morgan fingerprint density at radius 3 is 2.70 bits per heavy atom. The number of benzene rings is 2. The van der Waals surface area contributed by atoms with Crippen LogP contribution in [-0.2, 0) is 17.0 Å². The average molecular weight is 426 g/mol. The van der Waals surface area contributed by atoms with Crippen molar-refractivity contribution < 1.29 is 14.2 Å². The topological polar surface area (TPSA) is 58.4 Å². The smallest absolute Gasteiger partial charge is 0.191 e. The zero-order chi connectivity index (χ0) is 20.8. The first-order chi connectivity index (χ1) is 14.8.